The minimum absolute atomic E-state index is 0.0392. The molecule has 0 saturated carbocycles. The molecule has 1 fully saturated rings. The van der Waals surface area contributed by atoms with Gasteiger partial charge in [-0.05, 0) is 24.3 Å². The Morgan fingerprint density at radius 1 is 1.25 bits per heavy atom. The standard InChI is InChI=1S/C19H15F2N3O4/c20-14-6-7-15(16(21)8-14)19(10-24-12-22-11-23-24)26-9-17(28-19)27-18(25)13-4-2-1-3-5-13/h1-8,11-12,17H,9-10H2. The smallest absolute Gasteiger partial charge is 0.340 e. The van der Waals surface area contributed by atoms with E-state index in [9.17, 15) is 13.6 Å². The van der Waals surface area contributed by atoms with Gasteiger partial charge in [-0.2, -0.15) is 5.10 Å². The summed E-state index contributed by atoms with van der Waals surface area (Å²) < 4.78 is 46.1. The number of carbonyl (C=O) groups excluding carboxylic acids is 1. The summed E-state index contributed by atoms with van der Waals surface area (Å²) in [5.41, 5.74) is 0.301. The molecule has 3 aromatic rings. The number of hydrogen-bond acceptors (Lipinski definition) is 6. The Morgan fingerprint density at radius 2 is 2.07 bits per heavy atom. The lowest BCUT2D eigenvalue weighted by atomic mass is 10.0. The van der Waals surface area contributed by atoms with E-state index in [0.29, 0.717) is 5.56 Å². The first kappa shape index (κ1) is 18.2. The molecule has 0 amide bonds. The Morgan fingerprint density at radius 3 is 2.79 bits per heavy atom. The highest BCUT2D eigenvalue weighted by Crippen LogP contribution is 2.38. The zero-order chi connectivity index (χ0) is 19.6. The predicted molar refractivity (Wildman–Crippen MR) is 90.7 cm³/mol. The highest BCUT2D eigenvalue weighted by molar-refractivity contribution is 5.89. The summed E-state index contributed by atoms with van der Waals surface area (Å²) in [6.45, 7) is -0.209. The molecule has 0 spiro atoms. The van der Waals surface area contributed by atoms with E-state index in [1.807, 2.05) is 0 Å². The molecule has 9 heteroatoms. The van der Waals surface area contributed by atoms with Crippen molar-refractivity contribution in [3.63, 3.8) is 0 Å². The molecular formula is C19H15F2N3O4. The Hall–Kier alpha value is -3.17. The van der Waals surface area contributed by atoms with Crippen LogP contribution >= 0.6 is 0 Å². The largest absolute Gasteiger partial charge is 0.429 e. The predicted octanol–water partition coefficient (Wildman–Crippen LogP) is 2.64. The number of aromatic nitrogens is 3. The summed E-state index contributed by atoms with van der Waals surface area (Å²) >= 11 is 0. The first-order valence-corrected chi connectivity index (χ1v) is 8.41. The van der Waals surface area contributed by atoms with Gasteiger partial charge in [0.15, 0.2) is 0 Å². The van der Waals surface area contributed by atoms with Crippen molar-refractivity contribution in [3.05, 3.63) is 83.9 Å². The summed E-state index contributed by atoms with van der Waals surface area (Å²) in [6.07, 6.45) is 1.62. The third kappa shape index (κ3) is 3.62. The molecule has 0 bridgehead atoms. The second-order valence-corrected chi connectivity index (χ2v) is 6.10. The van der Waals surface area contributed by atoms with Crippen LogP contribution in [0.25, 0.3) is 0 Å². The fourth-order valence-corrected chi connectivity index (χ4v) is 2.94. The van der Waals surface area contributed by atoms with E-state index in [-0.39, 0.29) is 18.7 Å². The number of hydrogen-bond donors (Lipinski definition) is 0. The lowest BCUT2D eigenvalue weighted by molar-refractivity contribution is -0.217. The van der Waals surface area contributed by atoms with E-state index in [1.54, 1.807) is 30.3 Å². The van der Waals surface area contributed by atoms with E-state index in [0.717, 1.165) is 12.1 Å². The molecule has 0 N–H and O–H groups in total. The second-order valence-electron chi connectivity index (χ2n) is 6.10. The molecule has 0 radical (unpaired) electrons. The van der Waals surface area contributed by atoms with Gasteiger partial charge in [0.05, 0.1) is 5.56 Å². The van der Waals surface area contributed by atoms with Gasteiger partial charge in [-0.3, -0.25) is 0 Å². The molecule has 144 valence electrons. The maximum atomic E-state index is 14.5. The van der Waals surface area contributed by atoms with Crippen molar-refractivity contribution in [3.8, 4) is 0 Å². The summed E-state index contributed by atoms with van der Waals surface area (Å²) in [5.74, 6) is -3.85. The molecule has 1 saturated heterocycles. The molecule has 7 nitrogen and oxygen atoms in total. The van der Waals surface area contributed by atoms with Gasteiger partial charge in [0.1, 0.15) is 37.4 Å². The molecule has 0 aliphatic carbocycles. The number of carbonyl (C=O) groups is 1. The van der Waals surface area contributed by atoms with Crippen LogP contribution in [0.5, 0.6) is 0 Å². The molecule has 2 unspecified atom stereocenters. The van der Waals surface area contributed by atoms with Crippen LogP contribution in [-0.4, -0.2) is 33.6 Å². The van der Waals surface area contributed by atoms with Crippen molar-refractivity contribution >= 4 is 5.97 Å². The number of benzene rings is 2. The Labute approximate surface area is 158 Å². The van der Waals surface area contributed by atoms with Gasteiger partial charge < -0.3 is 14.2 Å². The summed E-state index contributed by atoms with van der Waals surface area (Å²) in [4.78, 5) is 16.1. The minimum atomic E-state index is -1.66. The molecule has 2 aromatic carbocycles. The van der Waals surface area contributed by atoms with Gasteiger partial charge in [0, 0.05) is 11.6 Å². The summed E-state index contributed by atoms with van der Waals surface area (Å²) in [7, 11) is 0. The molecule has 1 aromatic heterocycles. The van der Waals surface area contributed by atoms with Crippen LogP contribution in [-0.2, 0) is 26.5 Å². The quantitative estimate of drug-likeness (QED) is 0.627. The zero-order valence-corrected chi connectivity index (χ0v) is 14.5. The van der Waals surface area contributed by atoms with Crippen molar-refractivity contribution < 1.29 is 27.8 Å². The highest BCUT2D eigenvalue weighted by Gasteiger charge is 2.47. The van der Waals surface area contributed by atoms with Gasteiger partial charge in [0.25, 0.3) is 0 Å². The molecule has 4 rings (SSSR count). The lowest BCUT2D eigenvalue weighted by Gasteiger charge is -2.28. The van der Waals surface area contributed by atoms with E-state index < -0.39 is 29.7 Å². The molecule has 2 heterocycles. The number of ether oxygens (including phenoxy) is 3. The number of nitrogens with zero attached hydrogens (tertiary/aromatic N) is 3. The molecular weight excluding hydrogens is 372 g/mol. The Balaban J connectivity index is 1.59. The fourth-order valence-electron chi connectivity index (χ4n) is 2.94. The summed E-state index contributed by atoms with van der Waals surface area (Å²) in [6, 6.07) is 11.4. The molecule has 2 atom stereocenters. The monoisotopic (exact) mass is 387 g/mol. The average molecular weight is 387 g/mol. The average Bonchev–Trinajstić information content (AvgIpc) is 3.33. The van der Waals surface area contributed by atoms with E-state index in [1.165, 1.54) is 23.4 Å². The van der Waals surface area contributed by atoms with Crippen LogP contribution in [0.1, 0.15) is 15.9 Å². The second kappa shape index (κ2) is 7.45. The first-order valence-electron chi connectivity index (χ1n) is 8.41. The van der Waals surface area contributed by atoms with Crippen LogP contribution in [0.15, 0.2) is 61.2 Å². The molecule has 1 aliphatic rings. The van der Waals surface area contributed by atoms with Gasteiger partial charge in [0.2, 0.25) is 12.1 Å². The van der Waals surface area contributed by atoms with E-state index in [2.05, 4.69) is 10.1 Å². The zero-order valence-electron chi connectivity index (χ0n) is 14.5. The molecule has 28 heavy (non-hydrogen) atoms. The van der Waals surface area contributed by atoms with Gasteiger partial charge in [-0.1, -0.05) is 18.2 Å². The van der Waals surface area contributed by atoms with Crippen molar-refractivity contribution in [1.82, 2.24) is 14.8 Å². The topological polar surface area (TPSA) is 75.5 Å². The molecule has 1 aliphatic heterocycles. The van der Waals surface area contributed by atoms with Crippen LogP contribution in [0.3, 0.4) is 0 Å². The number of esters is 1. The van der Waals surface area contributed by atoms with Crippen molar-refractivity contribution in [2.75, 3.05) is 6.61 Å². The van der Waals surface area contributed by atoms with Crippen LogP contribution in [0.2, 0.25) is 0 Å². The van der Waals surface area contributed by atoms with Gasteiger partial charge in [-0.15, -0.1) is 0 Å². The van der Waals surface area contributed by atoms with E-state index >= 15 is 0 Å². The van der Waals surface area contributed by atoms with Crippen LogP contribution < -0.4 is 0 Å². The maximum absolute atomic E-state index is 14.5. The number of rotatable bonds is 5. The van der Waals surface area contributed by atoms with E-state index in [4.69, 9.17) is 14.2 Å². The SMILES string of the molecule is O=C(OC1COC(Cn2cncn2)(c2ccc(F)cc2F)O1)c1ccccc1. The first-order chi connectivity index (χ1) is 13.6. The number of halogens is 2. The Kier molecular flexibility index (Phi) is 4.84. The lowest BCUT2D eigenvalue weighted by Crippen LogP contribution is -2.35. The third-order valence-electron chi connectivity index (χ3n) is 4.20. The maximum Gasteiger partial charge on any atom is 0.340 e. The third-order valence-corrected chi connectivity index (χ3v) is 4.20. The normalized spacial score (nSPS) is 21.6. The van der Waals surface area contributed by atoms with Gasteiger partial charge >= 0.3 is 5.97 Å². The minimum Gasteiger partial charge on any atom is -0.429 e. The highest BCUT2D eigenvalue weighted by atomic mass is 19.1. The van der Waals surface area contributed by atoms with Gasteiger partial charge in [-0.25, -0.2) is 23.2 Å². The summed E-state index contributed by atoms with van der Waals surface area (Å²) in [5, 5.41) is 3.97. The van der Waals surface area contributed by atoms with Crippen LogP contribution in [0, 0.1) is 11.6 Å². The van der Waals surface area contributed by atoms with Crippen molar-refractivity contribution in [2.24, 2.45) is 0 Å². The van der Waals surface area contributed by atoms with Crippen molar-refractivity contribution in [1.29, 1.82) is 0 Å². The van der Waals surface area contributed by atoms with Crippen LogP contribution in [0.4, 0.5) is 8.78 Å². The fraction of sp³-hybridized carbons (Fsp3) is 0.211. The Bertz CT molecular complexity index is 969. The van der Waals surface area contributed by atoms with Crippen molar-refractivity contribution in [2.45, 2.75) is 18.6 Å².